The normalized spacial score (nSPS) is 19.9. The summed E-state index contributed by atoms with van der Waals surface area (Å²) in [6, 6.07) is 6.05. The van der Waals surface area contributed by atoms with Crippen molar-refractivity contribution >= 4 is 11.7 Å². The molecule has 3 rings (SSSR count). The second kappa shape index (κ2) is 7.26. The smallest absolute Gasteiger partial charge is 0.223 e. The Hall–Kier alpha value is -1.68. The number of hydrogen-bond acceptors (Lipinski definition) is 3. The van der Waals surface area contributed by atoms with Gasteiger partial charge in [0.25, 0.3) is 0 Å². The van der Waals surface area contributed by atoms with Gasteiger partial charge in [0.15, 0.2) is 5.78 Å². The van der Waals surface area contributed by atoms with Gasteiger partial charge in [-0.1, -0.05) is 12.1 Å². The predicted octanol–water partition coefficient (Wildman–Crippen LogP) is 2.21. The Morgan fingerprint density at radius 3 is 2.87 bits per heavy atom. The lowest BCUT2D eigenvalue weighted by Gasteiger charge is -2.16. The molecule has 1 saturated heterocycles. The molecule has 1 aliphatic carbocycles. The Morgan fingerprint density at radius 2 is 2.04 bits per heavy atom. The lowest BCUT2D eigenvalue weighted by molar-refractivity contribution is -0.130. The van der Waals surface area contributed by atoms with E-state index in [1.807, 2.05) is 24.1 Å². The van der Waals surface area contributed by atoms with Crippen LogP contribution in [0.2, 0.25) is 0 Å². The van der Waals surface area contributed by atoms with E-state index in [1.165, 1.54) is 17.5 Å². The Kier molecular flexibility index (Phi) is 5.11. The number of amides is 1. The van der Waals surface area contributed by atoms with Crippen LogP contribution in [-0.2, 0) is 17.6 Å². The molecule has 1 amide bonds. The summed E-state index contributed by atoms with van der Waals surface area (Å²) in [5, 5.41) is 3.17. The van der Waals surface area contributed by atoms with Gasteiger partial charge in [-0.05, 0) is 62.4 Å². The molecule has 0 bridgehead atoms. The van der Waals surface area contributed by atoms with Crippen molar-refractivity contribution in [2.75, 3.05) is 26.7 Å². The first-order valence-corrected chi connectivity index (χ1v) is 8.74. The van der Waals surface area contributed by atoms with E-state index in [0.717, 1.165) is 44.5 Å². The number of likely N-dealkylation sites (tertiary alicyclic amines) is 1. The van der Waals surface area contributed by atoms with Gasteiger partial charge in [0, 0.05) is 31.5 Å². The molecule has 0 saturated carbocycles. The van der Waals surface area contributed by atoms with Gasteiger partial charge in [0.05, 0.1) is 0 Å². The number of carbonyl (C=O) groups is 2. The van der Waals surface area contributed by atoms with Crippen molar-refractivity contribution in [2.24, 2.45) is 5.92 Å². The molecule has 0 spiro atoms. The zero-order chi connectivity index (χ0) is 16.2. The van der Waals surface area contributed by atoms with E-state index in [-0.39, 0.29) is 11.7 Å². The second-order valence-electron chi connectivity index (χ2n) is 6.81. The lowest BCUT2D eigenvalue weighted by atomic mass is 10.0. The minimum atomic E-state index is 0.0963. The van der Waals surface area contributed by atoms with Crippen LogP contribution in [0.4, 0.5) is 0 Å². The summed E-state index contributed by atoms with van der Waals surface area (Å²) in [6.07, 6.45) is 5.12. The number of fused-ring (bicyclic) bond motifs is 1. The highest BCUT2D eigenvalue weighted by Crippen LogP contribution is 2.24. The van der Waals surface area contributed by atoms with E-state index < -0.39 is 0 Å². The summed E-state index contributed by atoms with van der Waals surface area (Å²) >= 11 is 0. The van der Waals surface area contributed by atoms with Crippen molar-refractivity contribution < 1.29 is 9.59 Å². The Balaban J connectivity index is 1.50. The first kappa shape index (κ1) is 16.2. The maximum atomic E-state index is 12.3. The maximum Gasteiger partial charge on any atom is 0.223 e. The van der Waals surface area contributed by atoms with Crippen molar-refractivity contribution in [2.45, 2.75) is 38.5 Å². The number of nitrogens with zero attached hydrogens (tertiary/aromatic N) is 1. The van der Waals surface area contributed by atoms with Crippen LogP contribution in [0.3, 0.4) is 0 Å². The molecule has 1 fully saturated rings. The molecule has 0 radical (unpaired) electrons. The summed E-state index contributed by atoms with van der Waals surface area (Å²) < 4.78 is 0. The average molecular weight is 314 g/mol. The third-order valence-corrected chi connectivity index (χ3v) is 5.12. The highest BCUT2D eigenvalue weighted by Gasteiger charge is 2.25. The van der Waals surface area contributed by atoms with Crippen molar-refractivity contribution in [3.05, 3.63) is 34.9 Å². The van der Waals surface area contributed by atoms with Gasteiger partial charge < -0.3 is 10.2 Å². The third-order valence-electron chi connectivity index (χ3n) is 5.12. The fraction of sp³-hybridized carbons (Fsp3) is 0.579. The van der Waals surface area contributed by atoms with Gasteiger partial charge in [-0.25, -0.2) is 0 Å². The molecule has 1 aliphatic heterocycles. The predicted molar refractivity (Wildman–Crippen MR) is 90.6 cm³/mol. The van der Waals surface area contributed by atoms with Gasteiger partial charge in [0.1, 0.15) is 0 Å². The average Bonchev–Trinajstić information content (AvgIpc) is 3.20. The van der Waals surface area contributed by atoms with Crippen molar-refractivity contribution in [3.8, 4) is 0 Å². The molecule has 1 aromatic rings. The molecule has 1 aromatic carbocycles. The van der Waals surface area contributed by atoms with E-state index >= 15 is 0 Å². The minimum Gasteiger partial charge on any atom is -0.342 e. The summed E-state index contributed by atoms with van der Waals surface area (Å²) in [5.74, 6) is 0.772. The summed E-state index contributed by atoms with van der Waals surface area (Å²) in [4.78, 5) is 26.5. The molecule has 1 N–H and O–H groups in total. The molecule has 124 valence electrons. The van der Waals surface area contributed by atoms with Crippen LogP contribution in [0.15, 0.2) is 18.2 Å². The molecule has 4 heteroatoms. The van der Waals surface area contributed by atoms with Gasteiger partial charge in [-0.15, -0.1) is 0 Å². The number of Topliss-reactive ketones (excluding diaryl/α,β-unsaturated/α-hetero) is 1. The van der Waals surface area contributed by atoms with E-state index in [0.29, 0.717) is 18.8 Å². The van der Waals surface area contributed by atoms with Gasteiger partial charge >= 0.3 is 0 Å². The number of hydrogen-bond donors (Lipinski definition) is 1. The molecule has 23 heavy (non-hydrogen) atoms. The number of ketones is 1. The molecule has 1 unspecified atom stereocenters. The van der Waals surface area contributed by atoms with Crippen LogP contribution < -0.4 is 5.32 Å². The highest BCUT2D eigenvalue weighted by atomic mass is 16.2. The monoisotopic (exact) mass is 314 g/mol. The second-order valence-corrected chi connectivity index (χ2v) is 6.81. The maximum absolute atomic E-state index is 12.3. The fourth-order valence-electron chi connectivity index (χ4n) is 3.78. The minimum absolute atomic E-state index is 0.0963. The van der Waals surface area contributed by atoms with Crippen LogP contribution in [-0.4, -0.2) is 43.3 Å². The number of aryl methyl sites for hydroxylation is 2. The van der Waals surface area contributed by atoms with E-state index in [9.17, 15) is 9.59 Å². The van der Waals surface area contributed by atoms with Crippen LogP contribution in [0.25, 0.3) is 0 Å². The van der Waals surface area contributed by atoms with Crippen LogP contribution in [0.5, 0.6) is 0 Å². The largest absolute Gasteiger partial charge is 0.342 e. The van der Waals surface area contributed by atoms with Gasteiger partial charge in [-0.3, -0.25) is 9.59 Å². The molecular weight excluding hydrogens is 288 g/mol. The molecule has 2 aliphatic rings. The molecular formula is C19H26N2O2. The highest BCUT2D eigenvalue weighted by molar-refractivity contribution is 5.98. The van der Waals surface area contributed by atoms with Crippen molar-refractivity contribution in [1.82, 2.24) is 10.2 Å². The topological polar surface area (TPSA) is 49.4 Å². The Morgan fingerprint density at radius 1 is 1.22 bits per heavy atom. The van der Waals surface area contributed by atoms with E-state index in [1.54, 1.807) is 0 Å². The first-order chi connectivity index (χ1) is 11.2. The zero-order valence-corrected chi connectivity index (χ0v) is 13.9. The molecule has 1 heterocycles. The number of rotatable bonds is 6. The van der Waals surface area contributed by atoms with Crippen molar-refractivity contribution in [3.63, 3.8) is 0 Å². The van der Waals surface area contributed by atoms with Crippen LogP contribution in [0, 0.1) is 5.92 Å². The van der Waals surface area contributed by atoms with E-state index in [2.05, 4.69) is 11.4 Å². The van der Waals surface area contributed by atoms with Crippen LogP contribution >= 0.6 is 0 Å². The summed E-state index contributed by atoms with van der Waals surface area (Å²) in [7, 11) is 1.94. The zero-order valence-electron chi connectivity index (χ0n) is 13.9. The Bertz CT molecular complexity index is 597. The van der Waals surface area contributed by atoms with Gasteiger partial charge in [-0.2, -0.15) is 0 Å². The molecule has 0 aromatic heterocycles. The standard InChI is InChI=1S/C19H26N2O2/c1-20-12-14-9-10-21(13-14)19(23)8-7-18(22)17-6-5-15-3-2-4-16(15)11-17/h5-6,11,14,20H,2-4,7-10,12-13H2,1H3. The molecule has 1 atom stereocenters. The summed E-state index contributed by atoms with van der Waals surface area (Å²) in [5.41, 5.74) is 3.47. The SMILES string of the molecule is CNCC1CCN(C(=O)CCC(=O)c2ccc3c(c2)CCC3)C1. The lowest BCUT2D eigenvalue weighted by Crippen LogP contribution is -2.30. The molecule has 4 nitrogen and oxygen atoms in total. The first-order valence-electron chi connectivity index (χ1n) is 8.74. The number of nitrogens with one attached hydrogen (secondary N) is 1. The summed E-state index contributed by atoms with van der Waals surface area (Å²) in [6.45, 7) is 2.61. The quantitative estimate of drug-likeness (QED) is 0.819. The third kappa shape index (κ3) is 3.81. The van der Waals surface area contributed by atoms with Crippen LogP contribution in [0.1, 0.15) is 47.2 Å². The fourth-order valence-corrected chi connectivity index (χ4v) is 3.78. The van der Waals surface area contributed by atoms with Gasteiger partial charge in [0.2, 0.25) is 5.91 Å². The number of benzene rings is 1. The van der Waals surface area contributed by atoms with Crippen molar-refractivity contribution in [1.29, 1.82) is 0 Å². The number of carbonyl (C=O) groups excluding carboxylic acids is 2. The van der Waals surface area contributed by atoms with E-state index in [4.69, 9.17) is 0 Å². The Labute approximate surface area is 138 Å².